The highest BCUT2D eigenvalue weighted by Gasteiger charge is 2.48. The summed E-state index contributed by atoms with van der Waals surface area (Å²) in [5.41, 5.74) is 0.447. The summed E-state index contributed by atoms with van der Waals surface area (Å²) >= 11 is 6.14. The number of rotatable bonds is 3. The van der Waals surface area contributed by atoms with Crippen LogP contribution in [0.25, 0.3) is 0 Å². The van der Waals surface area contributed by atoms with E-state index in [1.165, 1.54) is 6.20 Å². The molecule has 3 aliphatic rings. The summed E-state index contributed by atoms with van der Waals surface area (Å²) in [6.07, 6.45) is 2.76. The fraction of sp³-hybridized carbons (Fsp3) is 0.688. The van der Waals surface area contributed by atoms with Crippen LogP contribution in [0.4, 0.5) is 4.79 Å². The monoisotopic (exact) mass is 367 g/mol. The van der Waals surface area contributed by atoms with Crippen molar-refractivity contribution in [3.05, 3.63) is 16.9 Å². The first-order chi connectivity index (χ1) is 12.1. The van der Waals surface area contributed by atoms with Gasteiger partial charge in [-0.3, -0.25) is 14.4 Å². The van der Waals surface area contributed by atoms with Gasteiger partial charge in [-0.25, -0.2) is 4.79 Å². The van der Waals surface area contributed by atoms with Gasteiger partial charge in [0.15, 0.2) is 0 Å². The minimum atomic E-state index is -0.214. The number of aromatic nitrogens is 2. The Morgan fingerprint density at radius 3 is 2.88 bits per heavy atom. The van der Waals surface area contributed by atoms with E-state index in [2.05, 4.69) is 10.4 Å². The van der Waals surface area contributed by atoms with Crippen LogP contribution in [-0.4, -0.2) is 75.9 Å². The molecule has 4 heterocycles. The number of aryl methyl sites for hydroxylation is 1. The van der Waals surface area contributed by atoms with E-state index in [9.17, 15) is 9.59 Å². The van der Waals surface area contributed by atoms with Crippen LogP contribution in [0.15, 0.2) is 6.20 Å². The molecule has 1 N–H and O–H groups in total. The third-order valence-electron chi connectivity index (χ3n) is 5.39. The van der Waals surface area contributed by atoms with Crippen molar-refractivity contribution < 1.29 is 14.3 Å². The number of halogens is 1. The van der Waals surface area contributed by atoms with E-state index in [0.29, 0.717) is 30.4 Å². The molecular formula is C16H22ClN5O3. The lowest BCUT2D eigenvalue weighted by atomic mass is 10.0. The first-order valence-electron chi connectivity index (χ1n) is 8.80. The summed E-state index contributed by atoms with van der Waals surface area (Å²) in [4.78, 5) is 28.7. The van der Waals surface area contributed by atoms with Crippen molar-refractivity contribution in [3.8, 4) is 0 Å². The van der Waals surface area contributed by atoms with Crippen molar-refractivity contribution in [1.82, 2.24) is 24.9 Å². The van der Waals surface area contributed by atoms with Crippen molar-refractivity contribution >= 4 is 23.6 Å². The molecule has 0 aromatic carbocycles. The highest BCUT2D eigenvalue weighted by atomic mass is 35.5. The Kier molecular flexibility index (Phi) is 4.33. The zero-order chi connectivity index (χ0) is 17.6. The average molecular weight is 368 g/mol. The van der Waals surface area contributed by atoms with Gasteiger partial charge in [0, 0.05) is 38.8 Å². The van der Waals surface area contributed by atoms with Crippen molar-refractivity contribution in [2.45, 2.75) is 44.5 Å². The number of nitrogens with zero attached hydrogens (tertiary/aromatic N) is 4. The molecule has 8 nitrogen and oxygen atoms in total. The first-order valence-corrected chi connectivity index (χ1v) is 9.18. The van der Waals surface area contributed by atoms with E-state index in [4.69, 9.17) is 16.3 Å². The molecule has 0 spiro atoms. The molecule has 0 saturated carbocycles. The smallest absolute Gasteiger partial charge is 0.410 e. The van der Waals surface area contributed by atoms with Crippen LogP contribution in [0.5, 0.6) is 0 Å². The molecule has 0 aliphatic carbocycles. The Morgan fingerprint density at radius 2 is 2.16 bits per heavy atom. The highest BCUT2D eigenvalue weighted by Crippen LogP contribution is 2.30. The number of hydrogen-bond acceptors (Lipinski definition) is 5. The minimum absolute atomic E-state index is 0.0372. The molecule has 3 aliphatic heterocycles. The normalized spacial score (nSPS) is 26.9. The van der Waals surface area contributed by atoms with E-state index in [1.807, 2.05) is 11.8 Å². The molecule has 3 saturated heterocycles. The van der Waals surface area contributed by atoms with Crippen molar-refractivity contribution in [3.63, 3.8) is 0 Å². The molecule has 0 unspecified atom stereocenters. The molecule has 2 atom stereocenters. The van der Waals surface area contributed by atoms with Gasteiger partial charge in [-0.2, -0.15) is 5.10 Å². The fourth-order valence-corrected chi connectivity index (χ4v) is 4.32. The minimum Gasteiger partial charge on any atom is -0.442 e. The second-order valence-electron chi connectivity index (χ2n) is 6.74. The largest absolute Gasteiger partial charge is 0.442 e. The fourth-order valence-electron chi connectivity index (χ4n) is 4.10. The molecule has 25 heavy (non-hydrogen) atoms. The van der Waals surface area contributed by atoms with E-state index in [1.54, 1.807) is 9.58 Å². The topological polar surface area (TPSA) is 79.7 Å². The van der Waals surface area contributed by atoms with Crippen LogP contribution < -0.4 is 5.32 Å². The summed E-state index contributed by atoms with van der Waals surface area (Å²) in [6.45, 7) is 5.23. The van der Waals surface area contributed by atoms with Crippen molar-refractivity contribution in [2.24, 2.45) is 0 Å². The van der Waals surface area contributed by atoms with E-state index in [0.717, 1.165) is 25.9 Å². The third-order valence-corrected chi connectivity index (χ3v) is 5.67. The lowest BCUT2D eigenvalue weighted by molar-refractivity contribution is 0.0627. The van der Waals surface area contributed by atoms with Gasteiger partial charge in [0.2, 0.25) is 0 Å². The second-order valence-corrected chi connectivity index (χ2v) is 7.14. The number of piperidine rings is 1. The predicted molar refractivity (Wildman–Crippen MR) is 90.6 cm³/mol. The summed E-state index contributed by atoms with van der Waals surface area (Å²) in [6, 6.07) is 0.244. The standard InChI is InChI=1S/C16H22ClN5O3/c1-2-21-14(11(17)7-19-21)15(23)20-5-3-10(4-6-20)22-12-8-18-9-13(12)25-16(22)24/h7,10,12-13,18H,2-6,8-9H2,1H3/t12-,13+/m1/s1. The van der Waals surface area contributed by atoms with Gasteiger partial charge in [0.05, 0.1) is 17.3 Å². The molecule has 4 rings (SSSR count). The Morgan fingerprint density at radius 1 is 1.40 bits per heavy atom. The number of nitrogens with one attached hydrogen (secondary N) is 1. The Labute approximate surface area is 151 Å². The van der Waals surface area contributed by atoms with Gasteiger partial charge in [-0.1, -0.05) is 11.6 Å². The molecule has 1 aromatic heterocycles. The van der Waals surface area contributed by atoms with Crippen molar-refractivity contribution in [2.75, 3.05) is 26.2 Å². The molecule has 0 radical (unpaired) electrons. The lowest BCUT2D eigenvalue weighted by Gasteiger charge is -2.37. The zero-order valence-corrected chi connectivity index (χ0v) is 14.9. The number of ether oxygens (including phenoxy) is 1. The maximum atomic E-state index is 12.8. The van der Waals surface area contributed by atoms with Gasteiger partial charge >= 0.3 is 6.09 Å². The first kappa shape index (κ1) is 16.7. The van der Waals surface area contributed by atoms with E-state index >= 15 is 0 Å². The Hall–Kier alpha value is -1.80. The molecule has 1 aromatic rings. The summed E-state index contributed by atoms with van der Waals surface area (Å²) in [5, 5.41) is 7.79. The number of likely N-dealkylation sites (tertiary alicyclic amines) is 1. The number of hydrogen-bond donors (Lipinski definition) is 1. The number of carbonyl (C=O) groups is 2. The second kappa shape index (κ2) is 6.49. The molecule has 0 bridgehead atoms. The van der Waals surface area contributed by atoms with E-state index < -0.39 is 0 Å². The van der Waals surface area contributed by atoms with Crippen LogP contribution in [0, 0.1) is 0 Å². The summed E-state index contributed by atoms with van der Waals surface area (Å²) in [7, 11) is 0. The quantitative estimate of drug-likeness (QED) is 0.860. The van der Waals surface area contributed by atoms with Crippen LogP contribution in [0.2, 0.25) is 5.02 Å². The molecule has 136 valence electrons. The van der Waals surface area contributed by atoms with Crippen LogP contribution in [0.1, 0.15) is 30.3 Å². The molecule has 3 fully saturated rings. The molecular weight excluding hydrogens is 346 g/mol. The number of fused-ring (bicyclic) bond motifs is 1. The van der Waals surface area contributed by atoms with Gasteiger partial charge < -0.3 is 15.0 Å². The zero-order valence-electron chi connectivity index (χ0n) is 14.2. The summed E-state index contributed by atoms with van der Waals surface area (Å²) < 4.78 is 7.07. The SMILES string of the molecule is CCn1ncc(Cl)c1C(=O)N1CCC(N2C(=O)O[C@H]3CNC[C@H]32)CC1. The Bertz CT molecular complexity index is 685. The van der Waals surface area contributed by atoms with Crippen LogP contribution >= 0.6 is 11.6 Å². The van der Waals surface area contributed by atoms with E-state index in [-0.39, 0.29) is 30.2 Å². The number of carbonyl (C=O) groups excluding carboxylic acids is 2. The maximum Gasteiger partial charge on any atom is 0.410 e. The maximum absolute atomic E-state index is 12.8. The van der Waals surface area contributed by atoms with Gasteiger partial charge in [0.1, 0.15) is 11.8 Å². The van der Waals surface area contributed by atoms with Gasteiger partial charge in [-0.05, 0) is 19.8 Å². The number of amides is 2. The third kappa shape index (κ3) is 2.77. The van der Waals surface area contributed by atoms with Crippen molar-refractivity contribution in [1.29, 1.82) is 0 Å². The van der Waals surface area contributed by atoms with Gasteiger partial charge in [-0.15, -0.1) is 0 Å². The predicted octanol–water partition coefficient (Wildman–Crippen LogP) is 0.954. The highest BCUT2D eigenvalue weighted by molar-refractivity contribution is 6.33. The van der Waals surface area contributed by atoms with Gasteiger partial charge in [0.25, 0.3) is 5.91 Å². The molecule has 9 heteroatoms. The average Bonchev–Trinajstić information content (AvgIpc) is 3.28. The van der Waals surface area contributed by atoms with Crippen LogP contribution in [-0.2, 0) is 11.3 Å². The summed E-state index contributed by atoms with van der Waals surface area (Å²) in [5.74, 6) is -0.0905. The van der Waals surface area contributed by atoms with Crippen LogP contribution in [0.3, 0.4) is 0 Å². The lowest BCUT2D eigenvalue weighted by Crippen LogP contribution is -2.51. The molecule has 2 amide bonds. The Balaban J connectivity index is 1.42.